The summed E-state index contributed by atoms with van der Waals surface area (Å²) in [4.78, 5) is 10.3. The predicted molar refractivity (Wildman–Crippen MR) is 60.1 cm³/mol. The second-order valence-electron chi connectivity index (χ2n) is 4.75. The number of benzene rings is 1. The maximum atomic E-state index is 13.1. The summed E-state index contributed by atoms with van der Waals surface area (Å²) in [6.07, 6.45) is 1.50. The van der Waals surface area contributed by atoms with Crippen molar-refractivity contribution in [3.05, 3.63) is 39.7 Å². The maximum Gasteiger partial charge on any atom is 0.272 e. The Morgan fingerprint density at radius 2 is 2.24 bits per heavy atom. The van der Waals surface area contributed by atoms with Gasteiger partial charge in [-0.05, 0) is 38.3 Å². The molecule has 0 heterocycles. The van der Waals surface area contributed by atoms with Crippen LogP contribution in [0.1, 0.15) is 25.3 Å². The molecule has 1 aromatic rings. The first-order chi connectivity index (χ1) is 7.94. The molecule has 92 valence electrons. The molecule has 1 unspecified atom stereocenters. The molecule has 2 rings (SSSR count). The van der Waals surface area contributed by atoms with E-state index < -0.39 is 16.8 Å². The number of rotatable bonds is 4. The Kier molecular flexibility index (Phi) is 2.87. The second kappa shape index (κ2) is 4.07. The predicted octanol–water partition coefficient (Wildman–Crippen LogP) is 2.44. The first-order valence-electron chi connectivity index (χ1n) is 5.55. The number of hydrogen-bond acceptors (Lipinski definition) is 3. The molecule has 1 aromatic carbocycles. The number of nitro groups is 1. The van der Waals surface area contributed by atoms with Crippen molar-refractivity contribution in [3.8, 4) is 0 Å². The SMILES string of the molecule is CC(O)C1(Cc2cc(F)ccc2[N+](=O)[O-])CC1. The molecule has 1 aliphatic carbocycles. The van der Waals surface area contributed by atoms with Crippen LogP contribution in [0.5, 0.6) is 0 Å². The van der Waals surface area contributed by atoms with Gasteiger partial charge >= 0.3 is 0 Å². The van der Waals surface area contributed by atoms with Gasteiger partial charge in [0.05, 0.1) is 11.0 Å². The first-order valence-corrected chi connectivity index (χ1v) is 5.55. The third kappa shape index (κ3) is 2.29. The summed E-state index contributed by atoms with van der Waals surface area (Å²) in [7, 11) is 0. The van der Waals surface area contributed by atoms with E-state index in [-0.39, 0.29) is 11.1 Å². The molecule has 1 atom stereocenters. The molecule has 0 spiro atoms. The summed E-state index contributed by atoms with van der Waals surface area (Å²) in [6.45, 7) is 1.68. The van der Waals surface area contributed by atoms with Crippen molar-refractivity contribution in [3.63, 3.8) is 0 Å². The summed E-state index contributed by atoms with van der Waals surface area (Å²) in [5.74, 6) is -0.480. The topological polar surface area (TPSA) is 63.4 Å². The van der Waals surface area contributed by atoms with E-state index in [4.69, 9.17) is 0 Å². The number of nitrogens with zero attached hydrogens (tertiary/aromatic N) is 1. The Labute approximate surface area is 98.2 Å². The van der Waals surface area contributed by atoms with Gasteiger partial charge in [-0.2, -0.15) is 0 Å². The van der Waals surface area contributed by atoms with Crippen LogP contribution in [0.15, 0.2) is 18.2 Å². The summed E-state index contributed by atoms with van der Waals surface area (Å²) in [5.41, 5.74) is 0.00479. The molecule has 4 nitrogen and oxygen atoms in total. The molecule has 0 aromatic heterocycles. The van der Waals surface area contributed by atoms with Gasteiger partial charge < -0.3 is 5.11 Å². The Morgan fingerprint density at radius 3 is 2.71 bits per heavy atom. The number of nitro benzene ring substituents is 1. The minimum Gasteiger partial charge on any atom is -0.393 e. The lowest BCUT2D eigenvalue weighted by Gasteiger charge is -2.18. The van der Waals surface area contributed by atoms with Crippen LogP contribution in [-0.4, -0.2) is 16.1 Å². The van der Waals surface area contributed by atoms with Crippen LogP contribution in [-0.2, 0) is 6.42 Å². The highest BCUT2D eigenvalue weighted by atomic mass is 19.1. The van der Waals surface area contributed by atoms with Crippen LogP contribution < -0.4 is 0 Å². The van der Waals surface area contributed by atoms with Gasteiger partial charge in [0.1, 0.15) is 5.82 Å². The van der Waals surface area contributed by atoms with Crippen LogP contribution in [0.25, 0.3) is 0 Å². The van der Waals surface area contributed by atoms with Gasteiger partial charge in [-0.25, -0.2) is 4.39 Å². The second-order valence-corrected chi connectivity index (χ2v) is 4.75. The van der Waals surface area contributed by atoms with Gasteiger partial charge in [0, 0.05) is 17.0 Å². The average molecular weight is 239 g/mol. The highest BCUT2D eigenvalue weighted by Gasteiger charge is 2.47. The number of halogens is 1. The number of aliphatic hydroxyl groups is 1. The summed E-state index contributed by atoms with van der Waals surface area (Å²) < 4.78 is 13.1. The van der Waals surface area contributed by atoms with Gasteiger partial charge in [-0.15, -0.1) is 0 Å². The largest absolute Gasteiger partial charge is 0.393 e. The fraction of sp³-hybridized carbons (Fsp3) is 0.500. The lowest BCUT2D eigenvalue weighted by molar-refractivity contribution is -0.385. The molecule has 0 aliphatic heterocycles. The molecular weight excluding hydrogens is 225 g/mol. The van der Waals surface area contributed by atoms with E-state index in [2.05, 4.69) is 0 Å². The van der Waals surface area contributed by atoms with Crippen molar-refractivity contribution in [2.24, 2.45) is 5.41 Å². The van der Waals surface area contributed by atoms with E-state index >= 15 is 0 Å². The third-order valence-corrected chi connectivity index (χ3v) is 3.56. The molecule has 1 saturated carbocycles. The summed E-state index contributed by atoms with van der Waals surface area (Å²) in [6, 6.07) is 3.47. The summed E-state index contributed by atoms with van der Waals surface area (Å²) in [5, 5.41) is 20.5. The molecule has 5 heteroatoms. The molecule has 0 radical (unpaired) electrons. The molecular formula is C12H14FNO3. The number of hydrogen-bond donors (Lipinski definition) is 1. The Hall–Kier alpha value is -1.49. The molecule has 17 heavy (non-hydrogen) atoms. The van der Waals surface area contributed by atoms with Crippen LogP contribution in [0, 0.1) is 21.3 Å². The van der Waals surface area contributed by atoms with Crippen LogP contribution in [0.3, 0.4) is 0 Å². The fourth-order valence-corrected chi connectivity index (χ4v) is 2.16. The van der Waals surface area contributed by atoms with Gasteiger partial charge in [-0.1, -0.05) is 0 Å². The lowest BCUT2D eigenvalue weighted by atomic mass is 9.91. The van der Waals surface area contributed by atoms with Gasteiger partial charge in [-0.3, -0.25) is 10.1 Å². The monoisotopic (exact) mass is 239 g/mol. The maximum absolute atomic E-state index is 13.1. The van der Waals surface area contributed by atoms with Crippen LogP contribution in [0.4, 0.5) is 10.1 Å². The van der Waals surface area contributed by atoms with Crippen molar-refractivity contribution in [2.75, 3.05) is 0 Å². The summed E-state index contributed by atoms with van der Waals surface area (Å²) >= 11 is 0. The molecule has 1 N–H and O–H groups in total. The molecule has 1 fully saturated rings. The van der Waals surface area contributed by atoms with E-state index in [1.165, 1.54) is 12.1 Å². The van der Waals surface area contributed by atoms with Crippen molar-refractivity contribution in [1.29, 1.82) is 0 Å². The number of aliphatic hydroxyl groups excluding tert-OH is 1. The zero-order chi connectivity index (χ0) is 12.6. The van der Waals surface area contributed by atoms with E-state index in [9.17, 15) is 19.6 Å². The Bertz CT molecular complexity index is 455. The molecule has 0 saturated heterocycles. The standard InChI is InChI=1S/C12H14FNO3/c1-8(15)12(4-5-12)7-9-6-10(13)2-3-11(9)14(16)17/h2-3,6,8,15H,4-5,7H2,1H3. The first kappa shape index (κ1) is 12.0. The Balaban J connectivity index is 2.31. The van der Waals surface area contributed by atoms with Crippen LogP contribution in [0.2, 0.25) is 0 Å². The van der Waals surface area contributed by atoms with Gasteiger partial charge in [0.2, 0.25) is 0 Å². The minimum absolute atomic E-state index is 0.0710. The van der Waals surface area contributed by atoms with E-state index in [0.717, 1.165) is 18.9 Å². The molecule has 1 aliphatic rings. The molecule has 0 amide bonds. The van der Waals surface area contributed by atoms with Crippen molar-refractivity contribution in [1.82, 2.24) is 0 Å². The van der Waals surface area contributed by atoms with E-state index in [1.807, 2.05) is 0 Å². The highest BCUT2D eigenvalue weighted by molar-refractivity contribution is 5.41. The zero-order valence-corrected chi connectivity index (χ0v) is 9.52. The lowest BCUT2D eigenvalue weighted by Crippen LogP contribution is -2.21. The fourth-order valence-electron chi connectivity index (χ4n) is 2.16. The third-order valence-electron chi connectivity index (χ3n) is 3.56. The van der Waals surface area contributed by atoms with E-state index in [1.54, 1.807) is 6.92 Å². The molecule has 0 bridgehead atoms. The van der Waals surface area contributed by atoms with Crippen LogP contribution >= 0.6 is 0 Å². The van der Waals surface area contributed by atoms with Crippen molar-refractivity contribution < 1.29 is 14.4 Å². The normalized spacial score (nSPS) is 18.8. The highest BCUT2D eigenvalue weighted by Crippen LogP contribution is 2.52. The zero-order valence-electron chi connectivity index (χ0n) is 9.52. The average Bonchev–Trinajstić information content (AvgIpc) is 2.98. The van der Waals surface area contributed by atoms with Crippen molar-refractivity contribution in [2.45, 2.75) is 32.3 Å². The minimum atomic E-state index is -0.523. The van der Waals surface area contributed by atoms with E-state index in [0.29, 0.717) is 12.0 Å². The smallest absolute Gasteiger partial charge is 0.272 e. The quantitative estimate of drug-likeness (QED) is 0.648. The Morgan fingerprint density at radius 1 is 1.59 bits per heavy atom. The van der Waals surface area contributed by atoms with Gasteiger partial charge in [0.25, 0.3) is 5.69 Å². The van der Waals surface area contributed by atoms with Crippen molar-refractivity contribution >= 4 is 5.69 Å². The van der Waals surface area contributed by atoms with Gasteiger partial charge in [0.15, 0.2) is 0 Å².